The summed E-state index contributed by atoms with van der Waals surface area (Å²) in [6, 6.07) is 7.61. The van der Waals surface area contributed by atoms with E-state index in [0.29, 0.717) is 17.3 Å². The van der Waals surface area contributed by atoms with Gasteiger partial charge in [0.15, 0.2) is 5.82 Å². The molecule has 17 heavy (non-hydrogen) atoms. The Morgan fingerprint density at radius 1 is 1.00 bits per heavy atom. The minimum absolute atomic E-state index is 0.455. The number of para-hydroxylation sites is 1. The molecule has 0 fully saturated rings. The van der Waals surface area contributed by atoms with Gasteiger partial charge < -0.3 is 5.73 Å². The Bertz CT molecular complexity index is 666. The molecule has 0 aliphatic rings. The minimum Gasteiger partial charge on any atom is -0.383 e. The van der Waals surface area contributed by atoms with Gasteiger partial charge in [-0.15, -0.1) is 0 Å². The van der Waals surface area contributed by atoms with Gasteiger partial charge in [0, 0.05) is 17.8 Å². The van der Waals surface area contributed by atoms with Crippen LogP contribution in [-0.2, 0) is 0 Å². The van der Waals surface area contributed by atoms with Gasteiger partial charge in [0.25, 0.3) is 0 Å². The Kier molecular flexibility index (Phi) is 2.15. The molecule has 3 aromatic rings. The average Bonchev–Trinajstić information content (AvgIpc) is 2.40. The Balaban J connectivity index is 2.26. The molecule has 0 amide bonds. The normalized spacial score (nSPS) is 10.6. The maximum absolute atomic E-state index is 5.90. The van der Waals surface area contributed by atoms with Crippen molar-refractivity contribution in [2.24, 2.45) is 0 Å². The topological polar surface area (TPSA) is 77.6 Å². The van der Waals surface area contributed by atoms with E-state index in [1.54, 1.807) is 18.6 Å². The zero-order valence-corrected chi connectivity index (χ0v) is 8.91. The zero-order valence-electron chi connectivity index (χ0n) is 8.91. The molecule has 82 valence electrons. The molecule has 0 aliphatic carbocycles. The molecular formula is C12H9N5. The lowest BCUT2D eigenvalue weighted by Gasteiger charge is -2.03. The third-order valence-electron chi connectivity index (χ3n) is 2.42. The summed E-state index contributed by atoms with van der Waals surface area (Å²) in [7, 11) is 0. The molecule has 2 aromatic heterocycles. The summed E-state index contributed by atoms with van der Waals surface area (Å²) < 4.78 is 0. The van der Waals surface area contributed by atoms with Crippen LogP contribution >= 0.6 is 0 Å². The molecular weight excluding hydrogens is 214 g/mol. The van der Waals surface area contributed by atoms with Gasteiger partial charge in [-0.1, -0.05) is 12.1 Å². The Morgan fingerprint density at radius 2 is 1.88 bits per heavy atom. The highest BCUT2D eigenvalue weighted by molar-refractivity contribution is 5.89. The van der Waals surface area contributed by atoms with E-state index in [4.69, 9.17) is 5.73 Å². The third kappa shape index (κ3) is 1.67. The van der Waals surface area contributed by atoms with Gasteiger partial charge in [0.2, 0.25) is 0 Å². The summed E-state index contributed by atoms with van der Waals surface area (Å²) >= 11 is 0. The van der Waals surface area contributed by atoms with Crippen LogP contribution in [0.4, 0.5) is 5.82 Å². The van der Waals surface area contributed by atoms with Crippen molar-refractivity contribution in [3.8, 4) is 11.5 Å². The van der Waals surface area contributed by atoms with E-state index in [9.17, 15) is 0 Å². The van der Waals surface area contributed by atoms with Crippen molar-refractivity contribution in [1.82, 2.24) is 19.9 Å². The molecule has 0 radical (unpaired) electrons. The minimum atomic E-state index is 0.455. The maximum Gasteiger partial charge on any atom is 0.182 e. The zero-order chi connectivity index (χ0) is 11.7. The number of benzene rings is 1. The quantitative estimate of drug-likeness (QED) is 0.679. The number of anilines is 1. The van der Waals surface area contributed by atoms with E-state index >= 15 is 0 Å². The first kappa shape index (κ1) is 9.65. The van der Waals surface area contributed by atoms with Crippen LogP contribution in [0.25, 0.3) is 22.4 Å². The summed E-state index contributed by atoms with van der Waals surface area (Å²) in [5.74, 6) is 0.950. The SMILES string of the molecule is Nc1nc(-c2cnccn2)nc2ccccc12. The molecule has 2 heterocycles. The van der Waals surface area contributed by atoms with Gasteiger partial charge in [0.1, 0.15) is 11.5 Å². The van der Waals surface area contributed by atoms with Gasteiger partial charge >= 0.3 is 0 Å². The van der Waals surface area contributed by atoms with Crippen LogP contribution in [0.5, 0.6) is 0 Å². The predicted molar refractivity (Wildman–Crippen MR) is 65.0 cm³/mol. The van der Waals surface area contributed by atoms with Crippen LogP contribution in [0.3, 0.4) is 0 Å². The maximum atomic E-state index is 5.90. The molecule has 0 unspecified atom stereocenters. The Labute approximate surface area is 97.4 Å². The number of hydrogen-bond donors (Lipinski definition) is 1. The molecule has 0 atom stereocenters. The Hall–Kier alpha value is -2.56. The summed E-state index contributed by atoms with van der Waals surface area (Å²) in [4.78, 5) is 16.8. The second kappa shape index (κ2) is 3.79. The first-order chi connectivity index (χ1) is 8.34. The largest absolute Gasteiger partial charge is 0.383 e. The smallest absolute Gasteiger partial charge is 0.182 e. The van der Waals surface area contributed by atoms with E-state index in [0.717, 1.165) is 10.9 Å². The molecule has 1 aromatic carbocycles. The molecule has 0 bridgehead atoms. The van der Waals surface area contributed by atoms with Gasteiger partial charge in [0.05, 0.1) is 11.7 Å². The molecule has 0 saturated heterocycles. The molecule has 2 N–H and O–H groups in total. The number of hydrogen-bond acceptors (Lipinski definition) is 5. The Morgan fingerprint density at radius 3 is 2.71 bits per heavy atom. The molecule has 3 rings (SSSR count). The standard InChI is InChI=1S/C12H9N5/c13-11-8-3-1-2-4-9(8)16-12(17-11)10-7-14-5-6-15-10/h1-7H,(H2,13,16,17). The van der Waals surface area contributed by atoms with Crippen LogP contribution < -0.4 is 5.73 Å². The van der Waals surface area contributed by atoms with Crippen molar-refractivity contribution in [3.63, 3.8) is 0 Å². The van der Waals surface area contributed by atoms with E-state index in [-0.39, 0.29) is 0 Å². The lowest BCUT2D eigenvalue weighted by Crippen LogP contribution is -1.98. The highest BCUT2D eigenvalue weighted by Crippen LogP contribution is 2.20. The van der Waals surface area contributed by atoms with Crippen LogP contribution in [0, 0.1) is 0 Å². The summed E-state index contributed by atoms with van der Waals surface area (Å²) in [5.41, 5.74) is 7.32. The molecule has 5 heteroatoms. The molecule has 0 aliphatic heterocycles. The van der Waals surface area contributed by atoms with Crippen LogP contribution in [0.1, 0.15) is 0 Å². The first-order valence-corrected chi connectivity index (χ1v) is 5.13. The second-order valence-corrected chi connectivity index (χ2v) is 3.54. The number of nitrogens with two attached hydrogens (primary N) is 1. The monoisotopic (exact) mass is 223 g/mol. The van der Waals surface area contributed by atoms with Crippen LogP contribution in [0.15, 0.2) is 42.9 Å². The number of fused-ring (bicyclic) bond motifs is 1. The lowest BCUT2D eigenvalue weighted by molar-refractivity contribution is 1.14. The first-order valence-electron chi connectivity index (χ1n) is 5.13. The third-order valence-corrected chi connectivity index (χ3v) is 2.42. The molecule has 0 saturated carbocycles. The number of nitrogens with zero attached hydrogens (tertiary/aromatic N) is 4. The number of rotatable bonds is 1. The van der Waals surface area contributed by atoms with Gasteiger partial charge in [-0.25, -0.2) is 15.0 Å². The van der Waals surface area contributed by atoms with Crippen molar-refractivity contribution in [2.75, 3.05) is 5.73 Å². The van der Waals surface area contributed by atoms with E-state index < -0.39 is 0 Å². The van der Waals surface area contributed by atoms with E-state index in [2.05, 4.69) is 19.9 Å². The summed E-state index contributed by atoms with van der Waals surface area (Å²) in [6.45, 7) is 0. The highest BCUT2D eigenvalue weighted by Gasteiger charge is 2.07. The van der Waals surface area contributed by atoms with Gasteiger partial charge in [-0.2, -0.15) is 0 Å². The number of aromatic nitrogens is 4. The van der Waals surface area contributed by atoms with E-state index in [1.165, 1.54) is 0 Å². The van der Waals surface area contributed by atoms with Crippen molar-refractivity contribution < 1.29 is 0 Å². The fourth-order valence-corrected chi connectivity index (χ4v) is 1.63. The van der Waals surface area contributed by atoms with Crippen molar-refractivity contribution in [2.45, 2.75) is 0 Å². The predicted octanol–water partition coefficient (Wildman–Crippen LogP) is 1.67. The van der Waals surface area contributed by atoms with Crippen molar-refractivity contribution in [1.29, 1.82) is 0 Å². The lowest BCUT2D eigenvalue weighted by atomic mass is 10.2. The van der Waals surface area contributed by atoms with Crippen molar-refractivity contribution in [3.05, 3.63) is 42.9 Å². The molecule has 0 spiro atoms. The molecule has 5 nitrogen and oxygen atoms in total. The fourth-order valence-electron chi connectivity index (χ4n) is 1.63. The van der Waals surface area contributed by atoms with Crippen LogP contribution in [0.2, 0.25) is 0 Å². The second-order valence-electron chi connectivity index (χ2n) is 3.54. The summed E-state index contributed by atoms with van der Waals surface area (Å²) in [5, 5.41) is 0.847. The number of nitrogen functional groups attached to an aromatic ring is 1. The summed E-state index contributed by atoms with van der Waals surface area (Å²) in [6.07, 6.45) is 4.82. The van der Waals surface area contributed by atoms with Gasteiger partial charge in [-0.05, 0) is 12.1 Å². The highest BCUT2D eigenvalue weighted by atomic mass is 15.0. The van der Waals surface area contributed by atoms with Crippen LogP contribution in [-0.4, -0.2) is 19.9 Å². The average molecular weight is 223 g/mol. The van der Waals surface area contributed by atoms with E-state index in [1.807, 2.05) is 24.3 Å². The fraction of sp³-hybridized carbons (Fsp3) is 0. The van der Waals surface area contributed by atoms with Crippen molar-refractivity contribution >= 4 is 16.7 Å². The van der Waals surface area contributed by atoms with Gasteiger partial charge in [-0.3, -0.25) is 4.98 Å².